The van der Waals surface area contributed by atoms with E-state index < -0.39 is 6.09 Å². The largest absolute Gasteiger partial charge is 0.465 e. The van der Waals surface area contributed by atoms with Crippen molar-refractivity contribution >= 4 is 17.6 Å². The number of hydrogen-bond donors (Lipinski definition) is 2. The minimum atomic E-state index is -1.11. The molecule has 0 aliphatic heterocycles. The molecule has 1 amide bonds. The number of nitrogens with zero attached hydrogens (tertiary/aromatic N) is 6. The summed E-state index contributed by atoms with van der Waals surface area (Å²) in [4.78, 5) is 20.5. The highest BCUT2D eigenvalue weighted by Crippen LogP contribution is 2.11. The van der Waals surface area contributed by atoms with Gasteiger partial charge in [-0.2, -0.15) is 0 Å². The van der Waals surface area contributed by atoms with Crippen LogP contribution in [0.25, 0.3) is 0 Å². The van der Waals surface area contributed by atoms with Gasteiger partial charge in [0.2, 0.25) is 5.82 Å². The fourth-order valence-electron chi connectivity index (χ4n) is 2.98. The van der Waals surface area contributed by atoms with Crippen molar-refractivity contribution in [1.29, 1.82) is 0 Å². The molecule has 1 aromatic carbocycles. The number of nitrogens with one attached hydrogen (secondary N) is 1. The average molecular weight is 423 g/mol. The molecule has 0 unspecified atom stereocenters. The van der Waals surface area contributed by atoms with E-state index >= 15 is 0 Å². The number of amides is 1. The molecule has 10 nitrogen and oxygen atoms in total. The number of carboxylic acid groups (broad SMARTS) is 1. The van der Waals surface area contributed by atoms with Crippen molar-refractivity contribution in [2.45, 2.75) is 32.1 Å². The van der Waals surface area contributed by atoms with E-state index in [0.717, 1.165) is 43.4 Å². The Labute approximate surface area is 180 Å². The van der Waals surface area contributed by atoms with Crippen molar-refractivity contribution < 1.29 is 14.7 Å². The Morgan fingerprint density at radius 1 is 1.10 bits per heavy atom. The third-order valence-electron chi connectivity index (χ3n) is 4.50. The van der Waals surface area contributed by atoms with Gasteiger partial charge in [0, 0.05) is 18.3 Å². The first-order chi connectivity index (χ1) is 15.1. The lowest BCUT2D eigenvalue weighted by molar-refractivity contribution is 0.139. The van der Waals surface area contributed by atoms with Gasteiger partial charge in [0.1, 0.15) is 12.4 Å². The number of anilines is 1. The molecule has 0 spiro atoms. The number of carbonyl (C=O) groups is 1. The predicted molar refractivity (Wildman–Crippen MR) is 115 cm³/mol. The van der Waals surface area contributed by atoms with Gasteiger partial charge in [-0.25, -0.2) is 14.5 Å². The first kappa shape index (κ1) is 21.9. The maximum absolute atomic E-state index is 10.7. The molecule has 0 atom stereocenters. The molecule has 0 bridgehead atoms. The monoisotopic (exact) mass is 423 g/mol. The average Bonchev–Trinajstić information content (AvgIpc) is 3.18. The van der Waals surface area contributed by atoms with Gasteiger partial charge >= 0.3 is 6.09 Å². The summed E-state index contributed by atoms with van der Waals surface area (Å²) in [7, 11) is 1.76. The second kappa shape index (κ2) is 11.4. The summed E-state index contributed by atoms with van der Waals surface area (Å²) in [6.07, 6.45) is 3.53. The van der Waals surface area contributed by atoms with Gasteiger partial charge in [-0.15, -0.1) is 5.10 Å². The molecule has 0 aliphatic carbocycles. The smallest absolute Gasteiger partial charge is 0.410 e. The van der Waals surface area contributed by atoms with E-state index in [0.29, 0.717) is 24.0 Å². The van der Waals surface area contributed by atoms with Gasteiger partial charge in [0.15, 0.2) is 5.71 Å². The van der Waals surface area contributed by atoms with Crippen molar-refractivity contribution in [2.75, 3.05) is 11.9 Å². The molecule has 0 saturated heterocycles. The van der Waals surface area contributed by atoms with E-state index in [1.807, 2.05) is 36.4 Å². The maximum Gasteiger partial charge on any atom is 0.410 e. The van der Waals surface area contributed by atoms with Crippen molar-refractivity contribution in [3.8, 4) is 0 Å². The highest BCUT2D eigenvalue weighted by Gasteiger charge is 2.14. The zero-order chi connectivity index (χ0) is 21.9. The van der Waals surface area contributed by atoms with E-state index in [-0.39, 0.29) is 0 Å². The minimum absolute atomic E-state index is 0.351. The molecule has 162 valence electrons. The van der Waals surface area contributed by atoms with Crippen molar-refractivity contribution in [3.63, 3.8) is 0 Å². The van der Waals surface area contributed by atoms with Gasteiger partial charge in [-0.3, -0.25) is 5.32 Å². The van der Waals surface area contributed by atoms with Gasteiger partial charge < -0.3 is 9.94 Å². The van der Waals surface area contributed by atoms with Crippen LogP contribution in [0.4, 0.5) is 10.6 Å². The molecular weight excluding hydrogens is 398 g/mol. The summed E-state index contributed by atoms with van der Waals surface area (Å²) in [6, 6.07) is 15.0. The van der Waals surface area contributed by atoms with Crippen LogP contribution in [0.3, 0.4) is 0 Å². The van der Waals surface area contributed by atoms with Crippen LogP contribution in [0, 0.1) is 0 Å². The van der Waals surface area contributed by atoms with Crippen LogP contribution < -0.4 is 5.32 Å². The molecular formula is C21H25N7O3. The van der Waals surface area contributed by atoms with Crippen LogP contribution in [0.5, 0.6) is 0 Å². The summed E-state index contributed by atoms with van der Waals surface area (Å²) < 4.78 is 1.56. The fourth-order valence-corrected chi connectivity index (χ4v) is 2.98. The molecule has 0 aliphatic rings. The fraction of sp³-hybridized carbons (Fsp3) is 0.333. The quantitative estimate of drug-likeness (QED) is 0.275. The Hall–Kier alpha value is -3.82. The molecule has 0 fully saturated rings. The van der Waals surface area contributed by atoms with Crippen LogP contribution in [-0.4, -0.2) is 48.7 Å². The molecule has 3 aromatic rings. The standard InChI is InChI=1S/C21H25N7O3/c1-28-20(24-26-27-28)19(16-10-5-4-6-11-16)25-31-15-8-3-2-7-12-17-13-9-14-18(22-17)23-21(29)30/h4-6,9-11,13-14H,2-3,7-8,12,15H2,1H3,(H,22,23)(H,29,30). The number of aryl methyl sites for hydroxylation is 2. The van der Waals surface area contributed by atoms with Gasteiger partial charge in [-0.1, -0.05) is 48.0 Å². The highest BCUT2D eigenvalue weighted by atomic mass is 16.6. The molecule has 2 heterocycles. The molecule has 31 heavy (non-hydrogen) atoms. The van der Waals surface area contributed by atoms with Crippen molar-refractivity contribution in [3.05, 3.63) is 65.6 Å². The summed E-state index contributed by atoms with van der Waals surface area (Å²) in [5, 5.41) is 26.9. The Morgan fingerprint density at radius 2 is 1.90 bits per heavy atom. The van der Waals surface area contributed by atoms with Crippen LogP contribution in [0.15, 0.2) is 53.7 Å². The van der Waals surface area contributed by atoms with E-state index in [1.165, 1.54) is 0 Å². The Kier molecular flexibility index (Phi) is 8.04. The number of rotatable bonds is 11. The number of aromatic nitrogens is 5. The summed E-state index contributed by atoms with van der Waals surface area (Å²) >= 11 is 0. The molecule has 0 radical (unpaired) electrons. The Morgan fingerprint density at radius 3 is 2.65 bits per heavy atom. The normalized spacial score (nSPS) is 11.3. The Bertz CT molecular complexity index is 1000. The van der Waals surface area contributed by atoms with Gasteiger partial charge in [0.05, 0.1) is 0 Å². The highest BCUT2D eigenvalue weighted by molar-refractivity contribution is 6.10. The molecule has 0 saturated carbocycles. The minimum Gasteiger partial charge on any atom is -0.465 e. The number of tetrazole rings is 1. The van der Waals surface area contributed by atoms with E-state index in [9.17, 15) is 4.79 Å². The molecule has 10 heteroatoms. The first-order valence-corrected chi connectivity index (χ1v) is 10.1. The topological polar surface area (TPSA) is 127 Å². The van der Waals surface area contributed by atoms with Crippen LogP contribution in [0.1, 0.15) is 42.8 Å². The third kappa shape index (κ3) is 6.88. The lowest BCUT2D eigenvalue weighted by Crippen LogP contribution is -2.12. The summed E-state index contributed by atoms with van der Waals surface area (Å²) in [5.74, 6) is 0.891. The third-order valence-corrected chi connectivity index (χ3v) is 4.50. The number of benzene rings is 1. The summed E-state index contributed by atoms with van der Waals surface area (Å²) in [5.41, 5.74) is 2.35. The van der Waals surface area contributed by atoms with Crippen molar-refractivity contribution in [1.82, 2.24) is 25.2 Å². The molecule has 2 aromatic heterocycles. The zero-order valence-electron chi connectivity index (χ0n) is 17.3. The van der Waals surface area contributed by atoms with Gasteiger partial charge in [0.25, 0.3) is 0 Å². The summed E-state index contributed by atoms with van der Waals surface area (Å²) in [6.45, 7) is 0.498. The SMILES string of the molecule is Cn1nnnc1C(=NOCCCCCCc1cccc(NC(=O)O)n1)c1ccccc1. The van der Waals surface area contributed by atoms with Crippen molar-refractivity contribution in [2.24, 2.45) is 12.2 Å². The van der Waals surface area contributed by atoms with Crippen LogP contribution in [0.2, 0.25) is 0 Å². The predicted octanol–water partition coefficient (Wildman–Crippen LogP) is 3.27. The Balaban J connectivity index is 1.41. The zero-order valence-corrected chi connectivity index (χ0v) is 17.3. The van der Waals surface area contributed by atoms with Gasteiger partial charge in [-0.05, 0) is 48.2 Å². The van der Waals surface area contributed by atoms with E-state index in [2.05, 4.69) is 31.0 Å². The first-order valence-electron chi connectivity index (χ1n) is 10.1. The molecule has 3 rings (SSSR count). The van der Waals surface area contributed by atoms with E-state index in [1.54, 1.807) is 23.9 Å². The molecule has 2 N–H and O–H groups in total. The number of oxime groups is 1. The second-order valence-corrected chi connectivity index (χ2v) is 6.87. The van der Waals surface area contributed by atoms with Crippen LogP contribution in [-0.2, 0) is 18.3 Å². The lowest BCUT2D eigenvalue weighted by Gasteiger charge is -2.06. The van der Waals surface area contributed by atoms with Crippen LogP contribution >= 0.6 is 0 Å². The number of hydrogen-bond acceptors (Lipinski definition) is 7. The second-order valence-electron chi connectivity index (χ2n) is 6.87. The van der Waals surface area contributed by atoms with E-state index in [4.69, 9.17) is 9.94 Å². The number of unbranched alkanes of at least 4 members (excludes halogenated alkanes) is 3. The maximum atomic E-state index is 10.7. The number of pyridine rings is 1. The lowest BCUT2D eigenvalue weighted by atomic mass is 10.1.